The van der Waals surface area contributed by atoms with Gasteiger partial charge in [-0.05, 0) is 142 Å². The highest BCUT2D eigenvalue weighted by Crippen LogP contribution is 2.42. The SMILES string of the molecule is c1ccc2c(c1)Oc1ccccc1B2c1ccccc1-c1ccccc1-n1c2ccccc2n2c3cc(-c4cccc5c4Oc4ccccc4B5c4ccccc4-c4ccccc4-n4c5ccccc5c5cc(-n6c7ccccc7n7c8ccccc8nc67)ccc54)ccc3nc12. The molecule has 0 amide bonds. The Morgan fingerprint density at radius 2 is 0.701 bits per heavy atom. The van der Waals surface area contributed by atoms with E-state index in [0.717, 1.165) is 167 Å². The number of para-hydroxylation sites is 13. The van der Waals surface area contributed by atoms with Gasteiger partial charge in [-0.15, -0.1) is 0 Å². The van der Waals surface area contributed by atoms with Crippen molar-refractivity contribution in [2.45, 2.75) is 0 Å². The average molecular weight is 1240 g/mol. The van der Waals surface area contributed by atoms with Crippen molar-refractivity contribution in [3.8, 4) is 73.4 Å². The minimum absolute atomic E-state index is 0.0500. The summed E-state index contributed by atoms with van der Waals surface area (Å²) in [5.41, 5.74) is 27.2. The second-order valence-corrected chi connectivity index (χ2v) is 25.5. The topological polar surface area (TPSA) is 67.9 Å². The van der Waals surface area contributed by atoms with E-state index in [1.54, 1.807) is 0 Å². The summed E-state index contributed by atoms with van der Waals surface area (Å²) in [7, 11) is 0. The normalized spacial score (nSPS) is 12.7. The number of aromatic nitrogens is 7. The molecule has 0 saturated carbocycles. The molecule has 0 aliphatic carbocycles. The summed E-state index contributed by atoms with van der Waals surface area (Å²) in [6, 6.07) is 116. The molecule has 9 nitrogen and oxygen atoms in total. The Labute approximate surface area is 557 Å². The Morgan fingerprint density at radius 3 is 1.36 bits per heavy atom. The maximum atomic E-state index is 7.25. The zero-order valence-corrected chi connectivity index (χ0v) is 52.2. The van der Waals surface area contributed by atoms with Crippen LogP contribution < -0.4 is 42.3 Å². The molecule has 21 rings (SSSR count). The Bertz CT molecular complexity index is 6480. The van der Waals surface area contributed by atoms with Crippen molar-refractivity contribution in [3.63, 3.8) is 0 Å². The van der Waals surface area contributed by atoms with Gasteiger partial charge in [0.2, 0.25) is 11.6 Å². The molecule has 2 aliphatic rings. The molecule has 11 heteroatoms. The van der Waals surface area contributed by atoms with E-state index in [0.29, 0.717) is 0 Å². The van der Waals surface area contributed by atoms with E-state index in [1.807, 2.05) is 0 Å². The maximum absolute atomic E-state index is 7.25. The molecule has 450 valence electrons. The maximum Gasteiger partial charge on any atom is 0.251 e. The second-order valence-electron chi connectivity index (χ2n) is 25.5. The third-order valence-electron chi connectivity index (χ3n) is 20.4. The van der Waals surface area contributed by atoms with E-state index in [1.165, 1.54) is 16.3 Å². The smallest absolute Gasteiger partial charge is 0.251 e. The van der Waals surface area contributed by atoms with E-state index in [-0.39, 0.29) is 13.4 Å². The zero-order valence-electron chi connectivity index (χ0n) is 52.2. The number of nitrogens with zero attached hydrogens (tertiary/aromatic N) is 7. The molecule has 0 spiro atoms. The number of hydrogen-bond acceptors (Lipinski definition) is 4. The van der Waals surface area contributed by atoms with Crippen molar-refractivity contribution >= 4 is 124 Å². The highest BCUT2D eigenvalue weighted by atomic mass is 16.5. The van der Waals surface area contributed by atoms with Crippen LogP contribution in [-0.2, 0) is 0 Å². The van der Waals surface area contributed by atoms with Gasteiger partial charge in [0.15, 0.2) is 0 Å². The Morgan fingerprint density at radius 1 is 0.258 bits per heavy atom. The van der Waals surface area contributed by atoms with Gasteiger partial charge < -0.3 is 14.0 Å². The summed E-state index contributed by atoms with van der Waals surface area (Å²) >= 11 is 0. The first-order chi connectivity index (χ1) is 48.2. The van der Waals surface area contributed by atoms with Crippen molar-refractivity contribution in [3.05, 3.63) is 322 Å². The van der Waals surface area contributed by atoms with Gasteiger partial charge in [-0.25, -0.2) is 9.97 Å². The van der Waals surface area contributed by atoms with E-state index in [9.17, 15) is 0 Å². The van der Waals surface area contributed by atoms with Crippen LogP contribution in [0, 0.1) is 0 Å². The lowest BCUT2D eigenvalue weighted by Gasteiger charge is -2.30. The van der Waals surface area contributed by atoms with Gasteiger partial charge in [0.1, 0.15) is 23.0 Å². The summed E-state index contributed by atoms with van der Waals surface area (Å²) in [6.45, 7) is -0.229. The Kier molecular flexibility index (Phi) is 11.5. The van der Waals surface area contributed by atoms with Crippen LogP contribution in [0.4, 0.5) is 0 Å². The number of benzene rings is 14. The third kappa shape index (κ3) is 7.85. The minimum atomic E-state index is -0.179. The summed E-state index contributed by atoms with van der Waals surface area (Å²) in [4.78, 5) is 10.8. The molecule has 0 unspecified atom stereocenters. The van der Waals surface area contributed by atoms with Crippen LogP contribution in [0.25, 0.3) is 128 Å². The molecule has 0 fully saturated rings. The monoisotopic (exact) mass is 1240 g/mol. The number of hydrogen-bond donors (Lipinski definition) is 0. The molecule has 19 aromatic rings. The van der Waals surface area contributed by atoms with Gasteiger partial charge >= 0.3 is 0 Å². The number of imidazole rings is 4. The first-order valence-corrected chi connectivity index (χ1v) is 33.1. The predicted octanol–water partition coefficient (Wildman–Crippen LogP) is 16.5. The summed E-state index contributed by atoms with van der Waals surface area (Å²) in [6.07, 6.45) is 0. The van der Waals surface area contributed by atoms with Gasteiger partial charge in [-0.1, -0.05) is 229 Å². The predicted molar refractivity (Wildman–Crippen MR) is 398 cm³/mol. The van der Waals surface area contributed by atoms with Gasteiger partial charge in [0, 0.05) is 33.2 Å². The molecule has 7 heterocycles. The Balaban J connectivity index is 0.695. The molecule has 0 N–H and O–H groups in total. The first-order valence-electron chi connectivity index (χ1n) is 33.1. The van der Waals surface area contributed by atoms with Crippen molar-refractivity contribution < 1.29 is 9.47 Å². The quantitative estimate of drug-likeness (QED) is 0.142. The fourth-order valence-corrected chi connectivity index (χ4v) is 16.3. The fraction of sp³-hybridized carbons (Fsp3) is 0. The van der Waals surface area contributed by atoms with Crippen molar-refractivity contribution in [1.82, 2.24) is 32.5 Å². The van der Waals surface area contributed by atoms with Gasteiger partial charge in [-0.2, -0.15) is 0 Å². The highest BCUT2D eigenvalue weighted by molar-refractivity contribution is 6.98. The molecule has 2 aliphatic heterocycles. The molecule has 0 bridgehead atoms. The third-order valence-corrected chi connectivity index (χ3v) is 20.4. The van der Waals surface area contributed by atoms with Crippen LogP contribution in [0.15, 0.2) is 322 Å². The molecular formula is C86H53B2N7O2. The molecule has 14 aromatic carbocycles. The second kappa shape index (κ2) is 20.8. The summed E-state index contributed by atoms with van der Waals surface area (Å²) in [5, 5.41) is 2.34. The molecule has 5 aromatic heterocycles. The lowest BCUT2D eigenvalue weighted by molar-refractivity contribution is 0.487. The van der Waals surface area contributed by atoms with Crippen molar-refractivity contribution in [1.29, 1.82) is 0 Å². The van der Waals surface area contributed by atoms with Crippen molar-refractivity contribution in [2.24, 2.45) is 0 Å². The van der Waals surface area contributed by atoms with E-state index >= 15 is 0 Å². The minimum Gasteiger partial charge on any atom is -0.458 e. The van der Waals surface area contributed by atoms with Crippen LogP contribution in [-0.4, -0.2) is 45.9 Å². The molecular weight excluding hydrogens is 1180 g/mol. The molecule has 0 atom stereocenters. The number of ether oxygens (including phenoxy) is 2. The highest BCUT2D eigenvalue weighted by Gasteiger charge is 2.37. The van der Waals surface area contributed by atoms with Gasteiger partial charge in [-0.3, -0.25) is 17.9 Å². The van der Waals surface area contributed by atoms with E-state index in [4.69, 9.17) is 19.4 Å². The largest absolute Gasteiger partial charge is 0.458 e. The van der Waals surface area contributed by atoms with Gasteiger partial charge in [0.25, 0.3) is 13.4 Å². The van der Waals surface area contributed by atoms with Crippen LogP contribution >= 0.6 is 0 Å². The number of fused-ring (bicyclic) bond motifs is 17. The Hall–Kier alpha value is -12.9. The average Bonchev–Trinajstić information content (AvgIpc) is 1.61. The van der Waals surface area contributed by atoms with Crippen LogP contribution in [0.1, 0.15) is 0 Å². The summed E-state index contributed by atoms with van der Waals surface area (Å²) < 4.78 is 25.5. The van der Waals surface area contributed by atoms with Gasteiger partial charge in [0.05, 0.1) is 66.5 Å². The lowest BCUT2D eigenvalue weighted by Crippen LogP contribution is -2.55. The van der Waals surface area contributed by atoms with E-state index in [2.05, 4.69) is 344 Å². The fourth-order valence-electron chi connectivity index (χ4n) is 16.3. The number of rotatable bonds is 8. The molecule has 0 saturated heterocycles. The first kappa shape index (κ1) is 53.6. The van der Waals surface area contributed by atoms with Crippen LogP contribution in [0.3, 0.4) is 0 Å². The van der Waals surface area contributed by atoms with E-state index < -0.39 is 0 Å². The van der Waals surface area contributed by atoms with Crippen LogP contribution in [0.5, 0.6) is 23.0 Å². The van der Waals surface area contributed by atoms with Crippen LogP contribution in [0.2, 0.25) is 0 Å². The van der Waals surface area contributed by atoms with Crippen molar-refractivity contribution in [2.75, 3.05) is 0 Å². The standard InChI is InChI=1S/C86H53B2N7O2/c1-6-30-63(87-65-32-8-20-45-81(65)96-82-46-21-9-33-66(82)87)58(25-1)60-27-4-14-39-73(60)93-78-43-18-19-44-79(78)95-80-52-54(48-50-70(80)90-86(93)95)56-29-23-35-68-84(56)97-83-47-22-10-34-67(83)88(68)64-31-7-2-24-57(64)59-26-3-12-37-71(59)92-72-38-13-5-28-61(72)62-53-55(49-51-74(62)92)91-76-41-16-17-42-77(76)94-75-40-15-11-36-69(75)89-85(91)94/h1-53H. The molecule has 0 radical (unpaired) electrons. The molecule has 97 heavy (non-hydrogen) atoms. The zero-order chi connectivity index (χ0) is 63.4. The lowest BCUT2D eigenvalue weighted by atomic mass is 9.35. The summed E-state index contributed by atoms with van der Waals surface area (Å²) in [5.74, 6) is 5.16.